The third-order valence-electron chi connectivity index (χ3n) is 16.7. The maximum Gasteiger partial charge on any atom is 0.138 e. The number of benzene rings is 11. The fourth-order valence-electron chi connectivity index (χ4n) is 13.5. The van der Waals surface area contributed by atoms with E-state index in [0.717, 1.165) is 22.9 Å². The Morgan fingerprint density at radius 3 is 1.31 bits per heavy atom. The first-order valence-electron chi connectivity index (χ1n) is 26.5. The van der Waals surface area contributed by atoms with Crippen molar-refractivity contribution in [1.29, 1.82) is 0 Å². The van der Waals surface area contributed by atoms with Crippen LogP contribution in [-0.4, -0.2) is 19.1 Å². The van der Waals surface area contributed by atoms with Crippen LogP contribution in [0.2, 0.25) is 0 Å². The highest BCUT2D eigenvalue weighted by Crippen LogP contribution is 2.54. The maximum atomic E-state index is 5.21. The van der Waals surface area contributed by atoms with E-state index in [1.165, 1.54) is 150 Å². The van der Waals surface area contributed by atoms with Gasteiger partial charge >= 0.3 is 0 Å². The number of hydrogen-bond acceptors (Lipinski definition) is 4. The van der Waals surface area contributed by atoms with Crippen molar-refractivity contribution in [2.45, 2.75) is 0 Å². The Bertz CT molecular complexity index is 5450. The normalized spacial score (nSPS) is 12.4. The Labute approximate surface area is 454 Å². The molecule has 0 fully saturated rings. The van der Waals surface area contributed by atoms with Crippen molar-refractivity contribution < 1.29 is 0 Å². The van der Waals surface area contributed by atoms with Crippen LogP contribution in [0.15, 0.2) is 243 Å². The van der Waals surface area contributed by atoms with E-state index in [2.05, 4.69) is 234 Å². The van der Waals surface area contributed by atoms with Crippen molar-refractivity contribution in [3.05, 3.63) is 243 Å². The summed E-state index contributed by atoms with van der Waals surface area (Å²) >= 11 is 3.77. The summed E-state index contributed by atoms with van der Waals surface area (Å²) in [5.74, 6) is 1.89. The van der Waals surface area contributed by atoms with Crippen molar-refractivity contribution in [2.75, 3.05) is 0 Å². The Balaban J connectivity index is 0.000000123. The quantitative estimate of drug-likeness (QED) is 0.177. The van der Waals surface area contributed by atoms with E-state index in [9.17, 15) is 0 Å². The summed E-state index contributed by atoms with van der Waals surface area (Å²) in [7, 11) is 0. The van der Waals surface area contributed by atoms with Crippen LogP contribution in [0.3, 0.4) is 0 Å². The monoisotopic (exact) mass is 1020 g/mol. The van der Waals surface area contributed by atoms with Gasteiger partial charge in [-0.3, -0.25) is 9.13 Å². The van der Waals surface area contributed by atoms with E-state index in [-0.39, 0.29) is 0 Å². The summed E-state index contributed by atoms with van der Waals surface area (Å²) in [5.41, 5.74) is 17.3. The Morgan fingerprint density at radius 2 is 0.744 bits per heavy atom. The first-order valence-corrected chi connectivity index (χ1v) is 28.2. The summed E-state index contributed by atoms with van der Waals surface area (Å²) < 4.78 is 10.0. The van der Waals surface area contributed by atoms with Gasteiger partial charge in [-0.25, -0.2) is 9.97 Å². The molecule has 11 aromatic carbocycles. The van der Waals surface area contributed by atoms with Crippen LogP contribution >= 0.6 is 22.7 Å². The summed E-state index contributed by atoms with van der Waals surface area (Å²) in [6.45, 7) is 0. The molecule has 0 amide bonds. The van der Waals surface area contributed by atoms with Crippen LogP contribution in [0.1, 0.15) is 0 Å². The summed E-state index contributed by atoms with van der Waals surface area (Å²) in [6.07, 6.45) is 1.88. The van der Waals surface area contributed by atoms with Crippen LogP contribution < -0.4 is 0 Å². The van der Waals surface area contributed by atoms with Gasteiger partial charge < -0.3 is 0 Å². The molecule has 0 bridgehead atoms. The third kappa shape index (κ3) is 5.82. The van der Waals surface area contributed by atoms with Gasteiger partial charge in [-0.15, -0.1) is 22.7 Å². The largest absolute Gasteiger partial charge is 0.294 e. The summed E-state index contributed by atoms with van der Waals surface area (Å²) in [4.78, 5) is 9.96. The van der Waals surface area contributed by atoms with Crippen LogP contribution in [0.5, 0.6) is 0 Å². The second-order valence-electron chi connectivity index (χ2n) is 20.7. The topological polar surface area (TPSA) is 35.6 Å². The van der Waals surface area contributed by atoms with E-state index >= 15 is 0 Å². The molecule has 0 saturated heterocycles. The Morgan fingerprint density at radius 1 is 0.282 bits per heavy atom. The number of aromatic nitrogens is 4. The van der Waals surface area contributed by atoms with E-state index in [0.29, 0.717) is 0 Å². The fourth-order valence-corrected chi connectivity index (χ4v) is 15.7. The molecule has 4 nitrogen and oxygen atoms in total. The standard InChI is InChI=1S/C39H22N2S.C33H18N2S/c1-2-9-23(10-3-1)31-15-8-18-36(40-31)41-32-16-7-14-27-29-22-35-30(25-12-4-5-17-34(25)42-35)21-28(29)26-13-6-11-24-19-20-33(41)39(37(24)26)38(27)32;1-2-12-28-20(8-1)25-17-23-21-9-5-7-19-14-15-27-33(31(19)21)32-22(24(23)18-29(25)36-28)10-6-11-26(32)35(27)30-13-3-4-16-34-30/h1-22H;1-18H. The zero-order valence-corrected chi connectivity index (χ0v) is 43.3. The molecular weight excluding hydrogens is 985 g/mol. The molecule has 0 N–H and O–H groups in total. The molecule has 2 aliphatic carbocycles. The molecular formula is C72H40N4S2. The lowest BCUT2D eigenvalue weighted by Crippen LogP contribution is -1.99. The number of rotatable bonds is 3. The highest BCUT2D eigenvalue weighted by atomic mass is 32.1. The molecule has 0 aliphatic heterocycles. The van der Waals surface area contributed by atoms with Gasteiger partial charge in [-0.05, 0) is 151 Å². The highest BCUT2D eigenvalue weighted by molar-refractivity contribution is 7.26. The average Bonchev–Trinajstić information content (AvgIpc) is 4.05. The lowest BCUT2D eigenvalue weighted by atomic mass is 9.92. The SMILES string of the molecule is c1ccc(-c2cccc(-n3c4cccc5c4c4c6c(cccc6ccc43)-c3cc4c(cc3-5)sc3ccccc34)n2)cc1.c1ccc(-n2c3cccc4c3c3c5c(cccc5ccc32)-c2cc3c(cc2-4)sc2ccccc23)nc1. The minimum atomic E-state index is 0.936. The number of thiophene rings is 2. The molecule has 19 rings (SSSR count). The molecule has 0 atom stereocenters. The number of pyridine rings is 2. The van der Waals surface area contributed by atoms with Crippen molar-refractivity contribution in [2.24, 2.45) is 0 Å². The Hall–Kier alpha value is -9.72. The van der Waals surface area contributed by atoms with Crippen molar-refractivity contribution in [3.8, 4) is 67.4 Å². The number of fused-ring (bicyclic) bond motifs is 12. The number of hydrogen-bond donors (Lipinski definition) is 0. The van der Waals surface area contributed by atoms with Crippen molar-refractivity contribution in [3.63, 3.8) is 0 Å². The van der Waals surface area contributed by atoms with Gasteiger partial charge in [0.15, 0.2) is 0 Å². The molecule has 0 radical (unpaired) electrons. The molecule has 0 spiro atoms. The molecule has 6 heterocycles. The summed E-state index contributed by atoms with van der Waals surface area (Å²) in [6, 6.07) is 86.4. The summed E-state index contributed by atoms with van der Waals surface area (Å²) in [5, 5.41) is 15.8. The lowest BCUT2D eigenvalue weighted by Gasteiger charge is -2.14. The maximum absolute atomic E-state index is 5.21. The van der Waals surface area contributed by atoms with Gasteiger partial charge in [0.25, 0.3) is 0 Å². The molecule has 0 unspecified atom stereocenters. The number of nitrogens with zero attached hydrogens (tertiary/aromatic N) is 4. The predicted octanol–water partition coefficient (Wildman–Crippen LogP) is 20.4. The van der Waals surface area contributed by atoms with E-state index in [4.69, 9.17) is 9.97 Å². The second-order valence-corrected chi connectivity index (χ2v) is 22.9. The van der Waals surface area contributed by atoms with Crippen LogP contribution in [0.4, 0.5) is 0 Å². The fraction of sp³-hybridized carbons (Fsp3) is 0. The van der Waals surface area contributed by atoms with E-state index < -0.39 is 0 Å². The molecule has 6 aromatic heterocycles. The Kier molecular flexibility index (Phi) is 8.67. The second kappa shape index (κ2) is 15.9. The first kappa shape index (κ1) is 42.5. The average molecular weight is 1030 g/mol. The molecule has 2 aliphatic rings. The molecule has 17 aromatic rings. The first-order chi connectivity index (χ1) is 38.7. The van der Waals surface area contributed by atoms with Crippen molar-refractivity contribution >= 4 is 128 Å². The van der Waals surface area contributed by atoms with Gasteiger partial charge in [0.2, 0.25) is 0 Å². The minimum Gasteiger partial charge on any atom is -0.294 e. The van der Waals surface area contributed by atoms with E-state index in [1.54, 1.807) is 0 Å². The van der Waals surface area contributed by atoms with E-state index in [1.807, 2.05) is 41.0 Å². The van der Waals surface area contributed by atoms with Crippen molar-refractivity contribution in [1.82, 2.24) is 19.1 Å². The molecule has 0 saturated carbocycles. The molecule has 360 valence electrons. The third-order valence-corrected chi connectivity index (χ3v) is 19.0. The van der Waals surface area contributed by atoms with Gasteiger partial charge in [-0.2, -0.15) is 0 Å². The van der Waals surface area contributed by atoms with Crippen LogP contribution in [-0.2, 0) is 0 Å². The van der Waals surface area contributed by atoms with Gasteiger partial charge in [0, 0.05) is 73.6 Å². The molecule has 78 heavy (non-hydrogen) atoms. The molecule has 6 heteroatoms. The predicted molar refractivity (Wildman–Crippen MR) is 332 cm³/mol. The zero-order valence-electron chi connectivity index (χ0n) is 41.7. The minimum absolute atomic E-state index is 0.936. The van der Waals surface area contributed by atoms with Crippen LogP contribution in [0.25, 0.3) is 173 Å². The smallest absolute Gasteiger partial charge is 0.138 e. The van der Waals surface area contributed by atoms with Gasteiger partial charge in [-0.1, -0.05) is 152 Å². The highest BCUT2D eigenvalue weighted by Gasteiger charge is 2.28. The van der Waals surface area contributed by atoms with Gasteiger partial charge in [0.05, 0.1) is 27.8 Å². The van der Waals surface area contributed by atoms with Gasteiger partial charge in [0.1, 0.15) is 11.6 Å². The zero-order chi connectivity index (χ0) is 50.7. The lowest BCUT2D eigenvalue weighted by molar-refractivity contribution is 1.08. The van der Waals surface area contributed by atoms with Crippen LogP contribution in [0, 0.1) is 0 Å².